The average Bonchev–Trinajstić information content (AvgIpc) is 1.95. The normalized spacial score (nSPS) is 25.2. The van der Waals surface area contributed by atoms with Crippen LogP contribution in [0.1, 0.15) is 20.3 Å². The van der Waals surface area contributed by atoms with Crippen LogP contribution in [-0.4, -0.2) is 6.29 Å². The van der Waals surface area contributed by atoms with Gasteiger partial charge in [-0.15, -0.1) is 0 Å². The zero-order chi connectivity index (χ0) is 7.56. The molecule has 0 saturated carbocycles. The summed E-state index contributed by atoms with van der Waals surface area (Å²) in [5, 5.41) is 0. The zero-order valence-corrected chi connectivity index (χ0v) is 6.42. The van der Waals surface area contributed by atoms with Crippen molar-refractivity contribution in [2.45, 2.75) is 20.3 Å². The predicted molar refractivity (Wildman–Crippen MR) is 41.7 cm³/mol. The lowest BCUT2D eigenvalue weighted by atomic mass is 9.90. The van der Waals surface area contributed by atoms with Crippen molar-refractivity contribution in [2.24, 2.45) is 5.92 Å². The monoisotopic (exact) mass is 136 g/mol. The van der Waals surface area contributed by atoms with Crippen LogP contribution >= 0.6 is 0 Å². The van der Waals surface area contributed by atoms with Crippen LogP contribution in [0, 0.1) is 5.92 Å². The Labute approximate surface area is 61.4 Å². The van der Waals surface area contributed by atoms with Crippen molar-refractivity contribution in [3.8, 4) is 0 Å². The van der Waals surface area contributed by atoms with E-state index in [9.17, 15) is 4.79 Å². The van der Waals surface area contributed by atoms with E-state index in [0.29, 0.717) is 5.92 Å². The zero-order valence-electron chi connectivity index (χ0n) is 6.42. The van der Waals surface area contributed by atoms with Crippen molar-refractivity contribution in [1.29, 1.82) is 0 Å². The molecule has 10 heavy (non-hydrogen) atoms. The van der Waals surface area contributed by atoms with Crippen LogP contribution in [0.15, 0.2) is 23.3 Å². The summed E-state index contributed by atoms with van der Waals surface area (Å²) in [4.78, 5) is 10.4. The molecule has 0 heterocycles. The fourth-order valence-electron chi connectivity index (χ4n) is 1.12. The van der Waals surface area contributed by atoms with E-state index in [-0.39, 0.29) is 0 Å². The SMILES string of the molecule is CC1=C(C=O)C=CCC1C. The van der Waals surface area contributed by atoms with Crippen LogP contribution in [0.2, 0.25) is 0 Å². The van der Waals surface area contributed by atoms with Gasteiger partial charge in [-0.25, -0.2) is 0 Å². The van der Waals surface area contributed by atoms with Gasteiger partial charge < -0.3 is 0 Å². The number of carbonyl (C=O) groups excluding carboxylic acids is 1. The van der Waals surface area contributed by atoms with Gasteiger partial charge >= 0.3 is 0 Å². The second-order valence-corrected chi connectivity index (χ2v) is 2.80. The Morgan fingerprint density at radius 1 is 1.70 bits per heavy atom. The van der Waals surface area contributed by atoms with Crippen molar-refractivity contribution >= 4 is 6.29 Å². The molecule has 0 fully saturated rings. The van der Waals surface area contributed by atoms with Crippen LogP contribution in [0.5, 0.6) is 0 Å². The number of carbonyl (C=O) groups is 1. The Morgan fingerprint density at radius 3 is 2.90 bits per heavy atom. The highest BCUT2D eigenvalue weighted by atomic mass is 16.1. The third kappa shape index (κ3) is 1.18. The van der Waals surface area contributed by atoms with E-state index < -0.39 is 0 Å². The Hall–Kier alpha value is -0.850. The molecule has 0 aliphatic heterocycles. The highest BCUT2D eigenvalue weighted by molar-refractivity contribution is 5.79. The Morgan fingerprint density at radius 2 is 2.40 bits per heavy atom. The van der Waals surface area contributed by atoms with Crippen LogP contribution in [0.4, 0.5) is 0 Å². The van der Waals surface area contributed by atoms with E-state index in [2.05, 4.69) is 13.0 Å². The van der Waals surface area contributed by atoms with Gasteiger partial charge in [-0.05, 0) is 19.3 Å². The maximum Gasteiger partial charge on any atom is 0.149 e. The van der Waals surface area contributed by atoms with Crippen molar-refractivity contribution in [3.05, 3.63) is 23.3 Å². The summed E-state index contributed by atoms with van der Waals surface area (Å²) in [6, 6.07) is 0. The van der Waals surface area contributed by atoms with Gasteiger partial charge in [0.05, 0.1) is 0 Å². The summed E-state index contributed by atoms with van der Waals surface area (Å²) < 4.78 is 0. The Bertz CT molecular complexity index is 199. The highest BCUT2D eigenvalue weighted by Gasteiger charge is 2.09. The van der Waals surface area contributed by atoms with Gasteiger partial charge in [-0.3, -0.25) is 4.79 Å². The number of rotatable bonds is 1. The van der Waals surface area contributed by atoms with E-state index in [4.69, 9.17) is 0 Å². The predicted octanol–water partition coefficient (Wildman–Crippen LogP) is 2.10. The molecule has 1 unspecified atom stereocenters. The molecule has 0 spiro atoms. The molecule has 1 aliphatic rings. The number of aldehydes is 1. The van der Waals surface area contributed by atoms with E-state index >= 15 is 0 Å². The maximum absolute atomic E-state index is 10.4. The Balaban J connectivity index is 2.92. The van der Waals surface area contributed by atoms with Gasteiger partial charge in [0.1, 0.15) is 6.29 Å². The molecule has 1 nitrogen and oxygen atoms in total. The number of hydrogen-bond donors (Lipinski definition) is 0. The van der Waals surface area contributed by atoms with Gasteiger partial charge in [-0.1, -0.05) is 24.6 Å². The smallest absolute Gasteiger partial charge is 0.149 e. The largest absolute Gasteiger partial charge is 0.298 e. The average molecular weight is 136 g/mol. The van der Waals surface area contributed by atoms with Crippen LogP contribution in [0.25, 0.3) is 0 Å². The molecule has 0 radical (unpaired) electrons. The van der Waals surface area contributed by atoms with Gasteiger partial charge in [-0.2, -0.15) is 0 Å². The fourth-order valence-corrected chi connectivity index (χ4v) is 1.12. The van der Waals surface area contributed by atoms with E-state index in [0.717, 1.165) is 18.3 Å². The quantitative estimate of drug-likeness (QED) is 0.504. The molecule has 0 amide bonds. The fraction of sp³-hybridized carbons (Fsp3) is 0.444. The number of hydrogen-bond acceptors (Lipinski definition) is 1. The molecule has 0 aromatic carbocycles. The van der Waals surface area contributed by atoms with Gasteiger partial charge in [0.25, 0.3) is 0 Å². The van der Waals surface area contributed by atoms with Crippen LogP contribution < -0.4 is 0 Å². The minimum atomic E-state index is 0.546. The van der Waals surface area contributed by atoms with Gasteiger partial charge in [0.15, 0.2) is 0 Å². The molecule has 0 aromatic heterocycles. The second kappa shape index (κ2) is 2.82. The molecule has 1 heteroatoms. The minimum Gasteiger partial charge on any atom is -0.298 e. The molecule has 0 N–H and O–H groups in total. The first-order chi connectivity index (χ1) is 4.75. The molecule has 0 bridgehead atoms. The summed E-state index contributed by atoms with van der Waals surface area (Å²) >= 11 is 0. The summed E-state index contributed by atoms with van der Waals surface area (Å²) in [6.45, 7) is 4.17. The summed E-state index contributed by atoms with van der Waals surface area (Å²) in [5.41, 5.74) is 2.08. The number of allylic oxidation sites excluding steroid dienone is 4. The molecule has 1 atom stereocenters. The van der Waals surface area contributed by atoms with E-state index in [1.807, 2.05) is 13.0 Å². The first kappa shape index (κ1) is 7.26. The lowest BCUT2D eigenvalue weighted by Gasteiger charge is -2.15. The molecule has 0 saturated heterocycles. The maximum atomic E-state index is 10.4. The van der Waals surface area contributed by atoms with E-state index in [1.165, 1.54) is 5.57 Å². The molecule has 54 valence electrons. The molecule has 1 aliphatic carbocycles. The minimum absolute atomic E-state index is 0.546. The first-order valence-corrected chi connectivity index (χ1v) is 3.58. The lowest BCUT2D eigenvalue weighted by Crippen LogP contribution is -2.02. The molecule has 0 aromatic rings. The van der Waals surface area contributed by atoms with Gasteiger partial charge in [0, 0.05) is 5.57 Å². The van der Waals surface area contributed by atoms with Crippen LogP contribution in [0.3, 0.4) is 0 Å². The van der Waals surface area contributed by atoms with Crippen LogP contribution in [-0.2, 0) is 4.79 Å². The Kier molecular flexibility index (Phi) is 2.05. The molecule has 1 rings (SSSR count). The topological polar surface area (TPSA) is 17.1 Å². The van der Waals surface area contributed by atoms with Crippen molar-refractivity contribution in [2.75, 3.05) is 0 Å². The van der Waals surface area contributed by atoms with Gasteiger partial charge in [0.2, 0.25) is 0 Å². The standard InChI is InChI=1S/C9H12O/c1-7-4-3-5-9(6-10)8(7)2/h3,5-7H,4H2,1-2H3. The molecular formula is C9H12O. The molecular weight excluding hydrogens is 124 g/mol. The summed E-state index contributed by atoms with van der Waals surface area (Å²) in [5.74, 6) is 0.546. The third-order valence-electron chi connectivity index (χ3n) is 2.11. The second-order valence-electron chi connectivity index (χ2n) is 2.80. The van der Waals surface area contributed by atoms with Crippen molar-refractivity contribution in [1.82, 2.24) is 0 Å². The van der Waals surface area contributed by atoms with Crippen molar-refractivity contribution in [3.63, 3.8) is 0 Å². The van der Waals surface area contributed by atoms with E-state index in [1.54, 1.807) is 0 Å². The summed E-state index contributed by atoms with van der Waals surface area (Å²) in [7, 11) is 0. The summed E-state index contributed by atoms with van der Waals surface area (Å²) in [6.07, 6.45) is 5.97. The highest BCUT2D eigenvalue weighted by Crippen LogP contribution is 2.22. The lowest BCUT2D eigenvalue weighted by molar-refractivity contribution is -0.104. The first-order valence-electron chi connectivity index (χ1n) is 3.58. The van der Waals surface area contributed by atoms with Crippen molar-refractivity contribution < 1.29 is 4.79 Å². The third-order valence-corrected chi connectivity index (χ3v) is 2.11.